The molecule has 1 aliphatic carbocycles. The zero-order valence-corrected chi connectivity index (χ0v) is 23.7. The second kappa shape index (κ2) is 12.2. The zero-order chi connectivity index (χ0) is 28.0. The van der Waals surface area contributed by atoms with Crippen molar-refractivity contribution in [3.05, 3.63) is 94.0 Å². The minimum Gasteiger partial charge on any atom is -0.379 e. The Balaban J connectivity index is 1.39. The Bertz CT molecular complexity index is 1420. The fourth-order valence-electron chi connectivity index (χ4n) is 4.73. The third-order valence-corrected chi connectivity index (χ3v) is 9.46. The predicted molar refractivity (Wildman–Crippen MR) is 155 cm³/mol. The van der Waals surface area contributed by atoms with Gasteiger partial charge in [-0.2, -0.15) is 0 Å². The van der Waals surface area contributed by atoms with Crippen LogP contribution >= 0.6 is 11.8 Å². The van der Waals surface area contributed by atoms with Gasteiger partial charge in [0.25, 0.3) is 21.6 Å². The predicted octanol–water partition coefficient (Wildman–Crippen LogP) is 6.60. The van der Waals surface area contributed by atoms with Crippen LogP contribution in [0.5, 0.6) is 0 Å². The number of nitro groups is 1. The second-order valence-electron chi connectivity index (χ2n) is 10.5. The molecule has 10 heteroatoms. The van der Waals surface area contributed by atoms with E-state index in [0.717, 1.165) is 42.2 Å². The first-order valence-electron chi connectivity index (χ1n) is 12.9. The van der Waals surface area contributed by atoms with Gasteiger partial charge in [0.05, 0.1) is 9.82 Å². The molecular weight excluding hydrogens is 534 g/mol. The standard InChI is InChI=1S/C29H33N3O5S2/c1-29(2)16-14-22(15-17-29)21-8-10-23(11-9-21)28(33)31-39(36,37)25-12-13-26(27(20-25)32(34)35)30-18-19-38-24-6-4-3-5-7-24/h3-13,20,22,30H,14-19H2,1-2H3,(H,31,33). The van der Waals surface area contributed by atoms with E-state index in [1.54, 1.807) is 23.9 Å². The van der Waals surface area contributed by atoms with Gasteiger partial charge in [-0.15, -0.1) is 11.8 Å². The Morgan fingerprint density at radius 3 is 2.33 bits per heavy atom. The van der Waals surface area contributed by atoms with Gasteiger partial charge in [0, 0.05) is 28.8 Å². The van der Waals surface area contributed by atoms with Gasteiger partial charge in [0.2, 0.25) is 0 Å². The first kappa shape index (κ1) is 28.6. The zero-order valence-electron chi connectivity index (χ0n) is 22.1. The van der Waals surface area contributed by atoms with E-state index in [1.165, 1.54) is 12.1 Å². The molecule has 0 saturated heterocycles. The molecule has 0 aliphatic heterocycles. The highest BCUT2D eigenvalue weighted by Crippen LogP contribution is 2.42. The molecule has 0 spiro atoms. The molecule has 3 aromatic rings. The summed E-state index contributed by atoms with van der Waals surface area (Å²) >= 11 is 1.60. The average molecular weight is 568 g/mol. The van der Waals surface area contributed by atoms with Crippen molar-refractivity contribution in [2.24, 2.45) is 5.41 Å². The molecule has 0 heterocycles. The number of sulfonamides is 1. The maximum atomic E-state index is 12.9. The van der Waals surface area contributed by atoms with Gasteiger partial charge in [-0.25, -0.2) is 13.1 Å². The number of nitro benzene ring substituents is 1. The lowest BCUT2D eigenvalue weighted by molar-refractivity contribution is -0.384. The lowest BCUT2D eigenvalue weighted by Crippen LogP contribution is -2.30. The molecule has 0 radical (unpaired) electrons. The van der Waals surface area contributed by atoms with Gasteiger partial charge in [-0.1, -0.05) is 44.2 Å². The average Bonchev–Trinajstić information content (AvgIpc) is 2.91. The Morgan fingerprint density at radius 2 is 1.69 bits per heavy atom. The number of carbonyl (C=O) groups excluding carboxylic acids is 1. The van der Waals surface area contributed by atoms with E-state index in [0.29, 0.717) is 23.6 Å². The van der Waals surface area contributed by atoms with E-state index in [2.05, 4.69) is 19.2 Å². The number of benzene rings is 3. The van der Waals surface area contributed by atoms with Crippen molar-refractivity contribution in [2.45, 2.75) is 55.2 Å². The maximum absolute atomic E-state index is 12.9. The number of carbonyl (C=O) groups is 1. The van der Waals surface area contributed by atoms with E-state index in [4.69, 9.17) is 0 Å². The molecule has 0 atom stereocenters. The van der Waals surface area contributed by atoms with Gasteiger partial charge < -0.3 is 5.32 Å². The molecule has 39 heavy (non-hydrogen) atoms. The third-order valence-electron chi connectivity index (χ3n) is 7.12. The molecule has 206 valence electrons. The molecule has 4 rings (SSSR count). The number of hydrogen-bond acceptors (Lipinski definition) is 7. The van der Waals surface area contributed by atoms with Crippen LogP contribution in [0.1, 0.15) is 61.4 Å². The van der Waals surface area contributed by atoms with Gasteiger partial charge in [0.15, 0.2) is 0 Å². The maximum Gasteiger partial charge on any atom is 0.293 e. The van der Waals surface area contributed by atoms with Crippen LogP contribution in [0.25, 0.3) is 0 Å². The summed E-state index contributed by atoms with van der Waals surface area (Å²) in [6.45, 7) is 5.00. The normalized spacial score (nSPS) is 15.4. The Labute approximate surface area is 233 Å². The molecular formula is C29H33N3O5S2. The van der Waals surface area contributed by atoms with Crippen LogP contribution in [-0.4, -0.2) is 31.5 Å². The Hall–Kier alpha value is -3.37. The minimum absolute atomic E-state index is 0.209. The van der Waals surface area contributed by atoms with Crippen LogP contribution < -0.4 is 10.0 Å². The van der Waals surface area contributed by atoms with Crippen molar-refractivity contribution in [2.75, 3.05) is 17.6 Å². The summed E-state index contributed by atoms with van der Waals surface area (Å²) in [5.41, 5.74) is 1.54. The largest absolute Gasteiger partial charge is 0.379 e. The SMILES string of the molecule is CC1(C)CCC(c2ccc(C(=O)NS(=O)(=O)c3ccc(NCCSc4ccccc4)c([N+](=O)[O-])c3)cc2)CC1. The molecule has 0 aromatic heterocycles. The lowest BCUT2D eigenvalue weighted by Gasteiger charge is -2.34. The first-order valence-corrected chi connectivity index (χ1v) is 15.4. The van der Waals surface area contributed by atoms with Crippen LogP contribution in [0.4, 0.5) is 11.4 Å². The number of hydrogen-bond donors (Lipinski definition) is 2. The molecule has 0 bridgehead atoms. The summed E-state index contributed by atoms with van der Waals surface area (Å²) in [5, 5.41) is 14.7. The second-order valence-corrected chi connectivity index (χ2v) is 13.4. The minimum atomic E-state index is -4.32. The molecule has 0 unspecified atom stereocenters. The summed E-state index contributed by atoms with van der Waals surface area (Å²) in [6, 6.07) is 20.3. The summed E-state index contributed by atoms with van der Waals surface area (Å²) in [4.78, 5) is 24.5. The van der Waals surface area contributed by atoms with Crippen LogP contribution in [-0.2, 0) is 10.0 Å². The lowest BCUT2D eigenvalue weighted by atomic mass is 9.71. The molecule has 1 fully saturated rings. The van der Waals surface area contributed by atoms with E-state index in [9.17, 15) is 23.3 Å². The van der Waals surface area contributed by atoms with Crippen LogP contribution in [0.3, 0.4) is 0 Å². The van der Waals surface area contributed by atoms with E-state index < -0.39 is 20.9 Å². The van der Waals surface area contributed by atoms with Crippen LogP contribution in [0.15, 0.2) is 82.6 Å². The Kier molecular flexibility index (Phi) is 8.97. The molecule has 8 nitrogen and oxygen atoms in total. The number of anilines is 1. The van der Waals surface area contributed by atoms with Gasteiger partial charge >= 0.3 is 0 Å². The topological polar surface area (TPSA) is 118 Å². The van der Waals surface area contributed by atoms with Gasteiger partial charge in [-0.05, 0) is 79.0 Å². The molecule has 1 saturated carbocycles. The molecule has 3 aromatic carbocycles. The summed E-state index contributed by atoms with van der Waals surface area (Å²) < 4.78 is 27.9. The quantitative estimate of drug-likeness (QED) is 0.123. The summed E-state index contributed by atoms with van der Waals surface area (Å²) in [7, 11) is -4.32. The van der Waals surface area contributed by atoms with Crippen molar-refractivity contribution in [1.82, 2.24) is 4.72 Å². The molecule has 2 N–H and O–H groups in total. The van der Waals surface area contributed by atoms with Crippen molar-refractivity contribution in [3.8, 4) is 0 Å². The number of rotatable bonds is 10. The smallest absolute Gasteiger partial charge is 0.293 e. The Morgan fingerprint density at radius 1 is 1.03 bits per heavy atom. The van der Waals surface area contributed by atoms with E-state index in [-0.39, 0.29) is 21.8 Å². The van der Waals surface area contributed by atoms with Crippen molar-refractivity contribution >= 4 is 39.1 Å². The van der Waals surface area contributed by atoms with Crippen molar-refractivity contribution in [1.29, 1.82) is 0 Å². The van der Waals surface area contributed by atoms with Crippen LogP contribution in [0.2, 0.25) is 0 Å². The number of nitrogens with one attached hydrogen (secondary N) is 2. The van der Waals surface area contributed by atoms with E-state index >= 15 is 0 Å². The van der Waals surface area contributed by atoms with E-state index in [1.807, 2.05) is 47.2 Å². The number of thioether (sulfide) groups is 1. The highest BCUT2D eigenvalue weighted by molar-refractivity contribution is 7.99. The number of nitrogens with zero attached hydrogens (tertiary/aromatic N) is 1. The number of amides is 1. The highest BCUT2D eigenvalue weighted by atomic mass is 32.2. The molecule has 1 aliphatic rings. The van der Waals surface area contributed by atoms with Crippen molar-refractivity contribution in [3.63, 3.8) is 0 Å². The summed E-state index contributed by atoms with van der Waals surface area (Å²) in [6.07, 6.45) is 4.46. The fraction of sp³-hybridized carbons (Fsp3) is 0.345. The van der Waals surface area contributed by atoms with Crippen LogP contribution in [0, 0.1) is 15.5 Å². The fourth-order valence-corrected chi connectivity index (χ4v) is 6.51. The highest BCUT2D eigenvalue weighted by Gasteiger charge is 2.28. The first-order chi connectivity index (χ1) is 18.5. The monoisotopic (exact) mass is 567 g/mol. The van der Waals surface area contributed by atoms with Gasteiger partial charge in [-0.3, -0.25) is 14.9 Å². The summed E-state index contributed by atoms with van der Waals surface area (Å²) in [5.74, 6) is 0.312. The van der Waals surface area contributed by atoms with Gasteiger partial charge in [0.1, 0.15) is 5.69 Å². The molecule has 1 amide bonds. The third kappa shape index (κ3) is 7.60. The van der Waals surface area contributed by atoms with Crippen molar-refractivity contribution < 1.29 is 18.1 Å².